The average Bonchev–Trinajstić information content (AvgIpc) is 2.94. The molecule has 7 aromatic carbocycles. The molecule has 0 aliphatic rings. The number of rotatable bonds is 3. The molecule has 176 valence electrons. The van der Waals surface area contributed by atoms with Crippen LogP contribution >= 0.6 is 7.92 Å². The zero-order chi connectivity index (χ0) is 23.5. The Morgan fingerprint density at radius 2 is 0.833 bits per heavy atom. The summed E-state index contributed by atoms with van der Waals surface area (Å²) in [5.74, 6) is 0. The molecule has 2 heteroatoms. The van der Waals surface area contributed by atoms with Crippen molar-refractivity contribution in [1.29, 1.82) is 0 Å². The summed E-state index contributed by atoms with van der Waals surface area (Å²) in [6.45, 7) is 0. The van der Waals surface area contributed by atoms with Crippen LogP contribution in [0.25, 0.3) is 32.3 Å². The van der Waals surface area contributed by atoms with E-state index in [-0.39, 0.29) is 22.4 Å². The predicted octanol–water partition coefficient (Wildman–Crippen LogP) is 7.83. The van der Waals surface area contributed by atoms with Gasteiger partial charge in [-0.25, -0.2) is 0 Å². The van der Waals surface area contributed by atoms with Crippen molar-refractivity contribution in [3.63, 3.8) is 0 Å². The molecule has 0 saturated heterocycles. The molecule has 0 atom stereocenters. The molecule has 0 fully saturated rings. The Hall–Kier alpha value is -3.25. The van der Waals surface area contributed by atoms with Gasteiger partial charge in [0.05, 0.1) is 0 Å². The van der Waals surface area contributed by atoms with E-state index in [0.717, 1.165) is 0 Å². The molecule has 0 spiro atoms. The molecule has 0 saturated carbocycles. The maximum atomic E-state index is 3.31. The summed E-state index contributed by atoms with van der Waals surface area (Å²) in [6.07, 6.45) is 0. The van der Waals surface area contributed by atoms with E-state index in [1.807, 2.05) is 6.07 Å². The van der Waals surface area contributed by atoms with Crippen LogP contribution in [0.3, 0.4) is 0 Å². The van der Waals surface area contributed by atoms with Crippen molar-refractivity contribution >= 4 is 56.2 Å². The monoisotopic (exact) mass is 660 g/mol. The summed E-state index contributed by atoms with van der Waals surface area (Å²) >= 11 is 0. The van der Waals surface area contributed by atoms with Gasteiger partial charge in [0.2, 0.25) is 0 Å². The standard InChI is InChI=1S/C18H15P.C16H9.Au/c1-4-10-16(11-5-1)19(17-12-6-2-7-13-17)18-14-8-3-9-15-18;1-3-11-7-9-13-5-2-6-14-10-8-12(4-1)15(11)16(13)14;/h1-15H;1-5,7-10H;/q;-1;+1. The van der Waals surface area contributed by atoms with Gasteiger partial charge in [0.25, 0.3) is 0 Å². The first-order chi connectivity index (χ1) is 17.4. The van der Waals surface area contributed by atoms with Crippen LogP contribution < -0.4 is 15.9 Å². The first-order valence-electron chi connectivity index (χ1n) is 11.9. The van der Waals surface area contributed by atoms with Crippen molar-refractivity contribution in [3.05, 3.63) is 152 Å². The fraction of sp³-hybridized carbons (Fsp3) is 0. The molecule has 0 bridgehead atoms. The minimum absolute atomic E-state index is 0. The molecule has 0 unspecified atom stereocenters. The molecule has 7 aromatic rings. The van der Waals surface area contributed by atoms with E-state index in [1.165, 1.54) is 48.2 Å². The van der Waals surface area contributed by atoms with Crippen molar-refractivity contribution < 1.29 is 22.4 Å². The Balaban J connectivity index is 0.000000146. The van der Waals surface area contributed by atoms with Crippen molar-refractivity contribution in [1.82, 2.24) is 0 Å². The molecule has 0 amide bonds. The van der Waals surface area contributed by atoms with Crippen LogP contribution in [0.1, 0.15) is 0 Å². The molecule has 7 rings (SSSR count). The van der Waals surface area contributed by atoms with Gasteiger partial charge < -0.3 is 0 Å². The third-order valence-corrected chi connectivity index (χ3v) is 8.80. The quantitative estimate of drug-likeness (QED) is 0.0785. The van der Waals surface area contributed by atoms with E-state index in [9.17, 15) is 0 Å². The van der Waals surface area contributed by atoms with Crippen LogP contribution in [-0.4, -0.2) is 0 Å². The average molecular weight is 661 g/mol. The third-order valence-electron chi connectivity index (χ3n) is 6.35. The number of hydrogen-bond acceptors (Lipinski definition) is 0. The van der Waals surface area contributed by atoms with Crippen LogP contribution in [0.5, 0.6) is 0 Å². The molecule has 36 heavy (non-hydrogen) atoms. The van der Waals surface area contributed by atoms with Gasteiger partial charge in [0, 0.05) is 0 Å². The van der Waals surface area contributed by atoms with E-state index in [0.29, 0.717) is 0 Å². The van der Waals surface area contributed by atoms with Crippen LogP contribution in [0, 0.1) is 6.07 Å². The second-order valence-electron chi connectivity index (χ2n) is 8.54. The fourth-order valence-electron chi connectivity index (χ4n) is 4.77. The number of hydrogen-bond donors (Lipinski definition) is 0. The minimum atomic E-state index is -0.446. The van der Waals surface area contributed by atoms with E-state index < -0.39 is 7.92 Å². The second kappa shape index (κ2) is 11.2. The van der Waals surface area contributed by atoms with E-state index >= 15 is 0 Å². The van der Waals surface area contributed by atoms with Gasteiger partial charge in [-0.15, -0.1) is 35.0 Å². The van der Waals surface area contributed by atoms with Gasteiger partial charge in [-0.2, -0.15) is 0 Å². The molecule has 0 aromatic heterocycles. The topological polar surface area (TPSA) is 0 Å². The van der Waals surface area contributed by atoms with Crippen LogP contribution in [0.4, 0.5) is 0 Å². The normalized spacial score (nSPS) is 10.8. The molecule has 0 N–H and O–H groups in total. The van der Waals surface area contributed by atoms with Gasteiger partial charge in [-0.05, 0) is 40.0 Å². The first-order valence-corrected chi connectivity index (χ1v) is 13.2. The van der Waals surface area contributed by atoms with E-state index in [1.54, 1.807) is 0 Å². The summed E-state index contributed by atoms with van der Waals surface area (Å²) in [5, 5.41) is 12.1. The van der Waals surface area contributed by atoms with Gasteiger partial charge in [0.1, 0.15) is 0 Å². The maximum Gasteiger partial charge on any atom is 1.00 e. The van der Waals surface area contributed by atoms with Gasteiger partial charge >= 0.3 is 22.4 Å². The van der Waals surface area contributed by atoms with Gasteiger partial charge in [-0.3, -0.25) is 0 Å². The van der Waals surface area contributed by atoms with E-state index in [2.05, 4.69) is 146 Å². The molecular weight excluding hydrogens is 636 g/mol. The van der Waals surface area contributed by atoms with Gasteiger partial charge in [-0.1, -0.05) is 133 Å². The summed E-state index contributed by atoms with van der Waals surface area (Å²) in [5.41, 5.74) is 0. The SMILES string of the molecule is [Au+].[c-]1ccc2ccc3cccc4ccc1c2c43.c1ccc(P(c2ccccc2)c2ccccc2)cc1. The number of benzene rings is 7. The molecule has 0 heterocycles. The fourth-order valence-corrected chi connectivity index (χ4v) is 7.07. The summed E-state index contributed by atoms with van der Waals surface area (Å²) in [6, 6.07) is 55.0. The zero-order valence-corrected chi connectivity index (χ0v) is 22.7. The van der Waals surface area contributed by atoms with Crippen LogP contribution in [0.15, 0.2) is 146 Å². The van der Waals surface area contributed by atoms with Crippen molar-refractivity contribution in [2.24, 2.45) is 0 Å². The third kappa shape index (κ3) is 4.87. The minimum Gasteiger partial charge on any atom is -0.146 e. The molecule has 0 nitrogen and oxygen atoms in total. The summed E-state index contributed by atoms with van der Waals surface area (Å²) in [7, 11) is -0.446. The largest absolute Gasteiger partial charge is 1.00 e. The molecule has 0 aliphatic carbocycles. The zero-order valence-electron chi connectivity index (χ0n) is 19.6. The Kier molecular flexibility index (Phi) is 7.61. The van der Waals surface area contributed by atoms with Crippen molar-refractivity contribution in [2.75, 3.05) is 0 Å². The van der Waals surface area contributed by atoms with Crippen molar-refractivity contribution in [3.8, 4) is 0 Å². The Morgan fingerprint density at radius 3 is 1.33 bits per heavy atom. The Labute approximate surface area is 229 Å². The molecule has 0 radical (unpaired) electrons. The van der Waals surface area contributed by atoms with E-state index in [4.69, 9.17) is 0 Å². The smallest absolute Gasteiger partial charge is 0.146 e. The summed E-state index contributed by atoms with van der Waals surface area (Å²) in [4.78, 5) is 0. The Morgan fingerprint density at radius 1 is 0.389 bits per heavy atom. The predicted molar refractivity (Wildman–Crippen MR) is 154 cm³/mol. The second-order valence-corrected chi connectivity index (χ2v) is 10.8. The van der Waals surface area contributed by atoms with Crippen LogP contribution in [-0.2, 0) is 22.4 Å². The first kappa shape index (κ1) is 24.4. The maximum absolute atomic E-state index is 3.31. The summed E-state index contributed by atoms with van der Waals surface area (Å²) < 4.78 is 0. The van der Waals surface area contributed by atoms with Crippen LogP contribution in [0.2, 0.25) is 0 Å². The van der Waals surface area contributed by atoms with Crippen molar-refractivity contribution in [2.45, 2.75) is 0 Å². The molecule has 0 aliphatic heterocycles. The van der Waals surface area contributed by atoms with Gasteiger partial charge in [0.15, 0.2) is 0 Å². The molecular formula is C34H24AuP. The Bertz CT molecular complexity index is 1460.